The Bertz CT molecular complexity index is 237. The second-order valence-corrected chi connectivity index (χ2v) is 3.77. The van der Waals surface area contributed by atoms with E-state index >= 15 is 0 Å². The zero-order valence-electron chi connectivity index (χ0n) is 7.95. The van der Waals surface area contributed by atoms with E-state index in [1.54, 1.807) is 11.3 Å². The Morgan fingerprint density at radius 2 is 2.46 bits per heavy atom. The van der Waals surface area contributed by atoms with Gasteiger partial charge < -0.3 is 10.5 Å². The second-order valence-electron chi connectivity index (χ2n) is 2.82. The van der Waals surface area contributed by atoms with Gasteiger partial charge in [-0.2, -0.15) is 0 Å². The van der Waals surface area contributed by atoms with Gasteiger partial charge in [0.1, 0.15) is 0 Å². The molecule has 1 aromatic heterocycles. The summed E-state index contributed by atoms with van der Waals surface area (Å²) in [6.07, 6.45) is 2.22. The SMILES string of the molecule is CCCc1nc(COCCN)cs1. The summed E-state index contributed by atoms with van der Waals surface area (Å²) in [6, 6.07) is 0. The zero-order chi connectivity index (χ0) is 9.52. The lowest BCUT2D eigenvalue weighted by Gasteiger charge is -1.97. The number of aryl methyl sites for hydroxylation is 1. The van der Waals surface area contributed by atoms with Crippen molar-refractivity contribution in [2.24, 2.45) is 5.73 Å². The first-order valence-electron chi connectivity index (χ1n) is 4.58. The third-order valence-corrected chi connectivity index (χ3v) is 2.53. The number of ether oxygens (including phenoxy) is 1. The molecule has 0 aromatic carbocycles. The van der Waals surface area contributed by atoms with Crippen molar-refractivity contribution in [1.29, 1.82) is 0 Å². The van der Waals surface area contributed by atoms with Crippen LogP contribution in [0.2, 0.25) is 0 Å². The summed E-state index contributed by atoms with van der Waals surface area (Å²) < 4.78 is 5.28. The summed E-state index contributed by atoms with van der Waals surface area (Å²) in [5, 5.41) is 3.26. The number of thiazole rings is 1. The van der Waals surface area contributed by atoms with Gasteiger partial charge in [0.25, 0.3) is 0 Å². The van der Waals surface area contributed by atoms with E-state index in [9.17, 15) is 0 Å². The summed E-state index contributed by atoms with van der Waals surface area (Å²) in [7, 11) is 0. The molecule has 3 nitrogen and oxygen atoms in total. The van der Waals surface area contributed by atoms with Crippen molar-refractivity contribution < 1.29 is 4.74 Å². The van der Waals surface area contributed by atoms with Gasteiger partial charge in [0.05, 0.1) is 23.9 Å². The molecule has 0 saturated carbocycles. The molecule has 0 radical (unpaired) electrons. The molecule has 0 aliphatic rings. The van der Waals surface area contributed by atoms with Crippen molar-refractivity contribution >= 4 is 11.3 Å². The Hall–Kier alpha value is -0.450. The van der Waals surface area contributed by atoms with E-state index in [0.29, 0.717) is 19.8 Å². The molecule has 0 aliphatic carbocycles. The smallest absolute Gasteiger partial charge is 0.0929 e. The van der Waals surface area contributed by atoms with Crippen LogP contribution in [-0.4, -0.2) is 18.1 Å². The first kappa shape index (κ1) is 10.6. The molecular weight excluding hydrogens is 184 g/mol. The Morgan fingerprint density at radius 1 is 1.62 bits per heavy atom. The van der Waals surface area contributed by atoms with Crippen LogP contribution >= 0.6 is 11.3 Å². The van der Waals surface area contributed by atoms with Gasteiger partial charge >= 0.3 is 0 Å². The second kappa shape index (κ2) is 6.07. The van der Waals surface area contributed by atoms with Crippen LogP contribution < -0.4 is 5.73 Å². The van der Waals surface area contributed by atoms with E-state index in [1.165, 1.54) is 5.01 Å². The average Bonchev–Trinajstić information content (AvgIpc) is 2.54. The predicted molar refractivity (Wildman–Crippen MR) is 54.8 cm³/mol. The van der Waals surface area contributed by atoms with Gasteiger partial charge in [0, 0.05) is 11.9 Å². The first-order chi connectivity index (χ1) is 6.36. The Balaban J connectivity index is 2.31. The van der Waals surface area contributed by atoms with Crippen molar-refractivity contribution in [2.75, 3.05) is 13.2 Å². The highest BCUT2D eigenvalue weighted by molar-refractivity contribution is 7.09. The molecule has 0 unspecified atom stereocenters. The standard InChI is InChI=1S/C9H16N2OS/c1-2-3-9-11-8(7-13-9)6-12-5-4-10/h7H,2-6,10H2,1H3. The van der Waals surface area contributed by atoms with Crippen molar-refractivity contribution in [1.82, 2.24) is 4.98 Å². The van der Waals surface area contributed by atoms with Gasteiger partial charge in [-0.15, -0.1) is 11.3 Å². The number of nitrogens with two attached hydrogens (primary N) is 1. The van der Waals surface area contributed by atoms with E-state index in [2.05, 4.69) is 17.3 Å². The van der Waals surface area contributed by atoms with Crippen molar-refractivity contribution in [3.8, 4) is 0 Å². The molecule has 1 aromatic rings. The molecule has 0 spiro atoms. The Kier molecular flexibility index (Phi) is 4.97. The van der Waals surface area contributed by atoms with E-state index in [1.807, 2.05) is 0 Å². The maximum atomic E-state index is 5.30. The summed E-state index contributed by atoms with van der Waals surface area (Å²) >= 11 is 1.71. The average molecular weight is 200 g/mol. The van der Waals surface area contributed by atoms with Gasteiger partial charge in [0.2, 0.25) is 0 Å². The van der Waals surface area contributed by atoms with Crippen LogP contribution in [0.4, 0.5) is 0 Å². The lowest BCUT2D eigenvalue weighted by Crippen LogP contribution is -2.08. The molecule has 0 bridgehead atoms. The third kappa shape index (κ3) is 3.85. The fourth-order valence-electron chi connectivity index (χ4n) is 1.00. The maximum absolute atomic E-state index is 5.30. The topological polar surface area (TPSA) is 48.1 Å². The summed E-state index contributed by atoms with van der Waals surface area (Å²) in [4.78, 5) is 4.42. The van der Waals surface area contributed by atoms with E-state index in [-0.39, 0.29) is 0 Å². The molecular formula is C9H16N2OS. The van der Waals surface area contributed by atoms with E-state index in [0.717, 1.165) is 18.5 Å². The third-order valence-electron chi connectivity index (χ3n) is 1.58. The lowest BCUT2D eigenvalue weighted by atomic mass is 10.3. The molecule has 13 heavy (non-hydrogen) atoms. The fraction of sp³-hybridized carbons (Fsp3) is 0.667. The molecule has 1 heterocycles. The van der Waals surface area contributed by atoms with Crippen molar-refractivity contribution in [2.45, 2.75) is 26.4 Å². The highest BCUT2D eigenvalue weighted by atomic mass is 32.1. The van der Waals surface area contributed by atoms with Crippen LogP contribution in [0.5, 0.6) is 0 Å². The molecule has 2 N–H and O–H groups in total. The largest absolute Gasteiger partial charge is 0.374 e. The monoisotopic (exact) mass is 200 g/mol. The van der Waals surface area contributed by atoms with Crippen LogP contribution in [-0.2, 0) is 17.8 Å². The Morgan fingerprint density at radius 3 is 3.15 bits per heavy atom. The van der Waals surface area contributed by atoms with Crippen LogP contribution in [0.15, 0.2) is 5.38 Å². The van der Waals surface area contributed by atoms with Gasteiger partial charge in [0.15, 0.2) is 0 Å². The quantitative estimate of drug-likeness (QED) is 0.709. The number of nitrogens with zero attached hydrogens (tertiary/aromatic N) is 1. The predicted octanol–water partition coefficient (Wildman–Crippen LogP) is 1.57. The number of aromatic nitrogens is 1. The summed E-state index contributed by atoms with van der Waals surface area (Å²) in [5.41, 5.74) is 6.33. The van der Waals surface area contributed by atoms with E-state index < -0.39 is 0 Å². The molecule has 4 heteroatoms. The molecule has 0 saturated heterocycles. The Labute approximate surface area is 82.9 Å². The minimum Gasteiger partial charge on any atom is -0.374 e. The molecule has 0 amide bonds. The fourth-order valence-corrected chi connectivity index (χ4v) is 1.89. The van der Waals surface area contributed by atoms with Crippen LogP contribution in [0.1, 0.15) is 24.0 Å². The minimum absolute atomic E-state index is 0.575. The zero-order valence-corrected chi connectivity index (χ0v) is 8.77. The first-order valence-corrected chi connectivity index (χ1v) is 5.46. The van der Waals surface area contributed by atoms with Gasteiger partial charge in [-0.05, 0) is 12.8 Å². The molecule has 1 rings (SSSR count). The van der Waals surface area contributed by atoms with Crippen molar-refractivity contribution in [3.05, 3.63) is 16.1 Å². The van der Waals surface area contributed by atoms with Crippen LogP contribution in [0.25, 0.3) is 0 Å². The number of hydrogen-bond acceptors (Lipinski definition) is 4. The minimum atomic E-state index is 0.575. The summed E-state index contributed by atoms with van der Waals surface area (Å²) in [5.74, 6) is 0. The van der Waals surface area contributed by atoms with Gasteiger partial charge in [-0.1, -0.05) is 6.92 Å². The van der Waals surface area contributed by atoms with Crippen LogP contribution in [0.3, 0.4) is 0 Å². The van der Waals surface area contributed by atoms with Crippen molar-refractivity contribution in [3.63, 3.8) is 0 Å². The highest BCUT2D eigenvalue weighted by Gasteiger charge is 2.00. The van der Waals surface area contributed by atoms with E-state index in [4.69, 9.17) is 10.5 Å². The maximum Gasteiger partial charge on any atom is 0.0929 e. The molecule has 0 fully saturated rings. The molecule has 0 aliphatic heterocycles. The number of rotatable bonds is 6. The highest BCUT2D eigenvalue weighted by Crippen LogP contribution is 2.12. The van der Waals surface area contributed by atoms with Gasteiger partial charge in [-0.25, -0.2) is 4.98 Å². The number of hydrogen-bond donors (Lipinski definition) is 1. The van der Waals surface area contributed by atoms with Crippen LogP contribution in [0, 0.1) is 0 Å². The lowest BCUT2D eigenvalue weighted by molar-refractivity contribution is 0.126. The molecule has 74 valence electrons. The summed E-state index contributed by atoms with van der Waals surface area (Å²) in [6.45, 7) is 3.94. The molecule has 0 atom stereocenters. The normalized spacial score (nSPS) is 10.6. The van der Waals surface area contributed by atoms with Gasteiger partial charge in [-0.3, -0.25) is 0 Å².